The smallest absolute Gasteiger partial charge is 0.319 e. The van der Waals surface area contributed by atoms with Gasteiger partial charge in [-0.05, 0) is 50.1 Å². The zero-order chi connectivity index (χ0) is 19.1. The van der Waals surface area contributed by atoms with Crippen LogP contribution in [0.4, 0.5) is 4.79 Å². The van der Waals surface area contributed by atoms with Crippen LogP contribution in [0.2, 0.25) is 0 Å². The average Bonchev–Trinajstić information content (AvgIpc) is 2.81. The first-order valence-corrected chi connectivity index (χ1v) is 9.02. The highest BCUT2D eigenvalue weighted by Gasteiger charge is 2.49. The molecule has 1 fully saturated rings. The lowest BCUT2D eigenvalue weighted by atomic mass is 9.92. The fourth-order valence-electron chi connectivity index (χ4n) is 3.08. The highest BCUT2D eigenvalue weighted by Crippen LogP contribution is 2.30. The molecule has 2 aromatic rings. The summed E-state index contributed by atoms with van der Waals surface area (Å²) in [6.45, 7) is 5.11. The Morgan fingerprint density at radius 2 is 1.77 bits per heavy atom. The predicted octanol–water partition coefficient (Wildman–Crippen LogP) is 3.72. The number of amides is 3. The Bertz CT molecular complexity index is 908. The molecule has 0 unspecified atom stereocenters. The molecule has 0 bridgehead atoms. The van der Waals surface area contributed by atoms with Gasteiger partial charge in [0.15, 0.2) is 5.78 Å². The number of hydrogen-bond donors (Lipinski definition) is 1. The molecule has 1 aliphatic heterocycles. The summed E-state index contributed by atoms with van der Waals surface area (Å²) in [4.78, 5) is 39.0. The Morgan fingerprint density at radius 1 is 1.12 bits per heavy atom. The minimum absolute atomic E-state index is 0.255. The monoisotopic (exact) mass is 414 g/mol. The summed E-state index contributed by atoms with van der Waals surface area (Å²) in [7, 11) is 0. The number of imide groups is 1. The Kier molecular flexibility index (Phi) is 4.71. The summed E-state index contributed by atoms with van der Waals surface area (Å²) in [5.74, 6) is -0.682. The van der Waals surface area contributed by atoms with E-state index in [1.807, 2.05) is 38.1 Å². The molecular weight excluding hydrogens is 396 g/mol. The Labute approximate surface area is 160 Å². The number of aryl methyl sites for hydroxylation is 2. The van der Waals surface area contributed by atoms with Gasteiger partial charge in [0.1, 0.15) is 5.54 Å². The number of ketones is 1. The van der Waals surface area contributed by atoms with Crippen LogP contribution in [0.1, 0.15) is 34.0 Å². The number of nitrogens with zero attached hydrogens (tertiary/aromatic N) is 1. The summed E-state index contributed by atoms with van der Waals surface area (Å²) in [6, 6.07) is 12.2. The van der Waals surface area contributed by atoms with Crippen molar-refractivity contribution in [3.63, 3.8) is 0 Å². The summed E-state index contributed by atoms with van der Waals surface area (Å²) in [5, 5.41) is 2.72. The zero-order valence-corrected chi connectivity index (χ0v) is 16.4. The molecule has 6 heteroatoms. The van der Waals surface area contributed by atoms with Crippen LogP contribution >= 0.6 is 15.9 Å². The largest absolute Gasteiger partial charge is 0.325 e. The molecule has 3 rings (SSSR count). The van der Waals surface area contributed by atoms with Crippen molar-refractivity contribution in [3.05, 3.63) is 69.2 Å². The molecule has 0 spiro atoms. The van der Waals surface area contributed by atoms with E-state index in [-0.39, 0.29) is 12.3 Å². The van der Waals surface area contributed by atoms with E-state index in [1.165, 1.54) is 0 Å². The highest BCUT2D eigenvalue weighted by molar-refractivity contribution is 9.10. The lowest BCUT2D eigenvalue weighted by Gasteiger charge is -2.22. The van der Waals surface area contributed by atoms with Crippen molar-refractivity contribution < 1.29 is 14.4 Å². The van der Waals surface area contributed by atoms with Crippen molar-refractivity contribution in [1.29, 1.82) is 0 Å². The predicted molar refractivity (Wildman–Crippen MR) is 102 cm³/mol. The van der Waals surface area contributed by atoms with Crippen LogP contribution in [0.15, 0.2) is 46.9 Å². The summed E-state index contributed by atoms with van der Waals surface area (Å²) in [5.41, 5.74) is 1.79. The van der Waals surface area contributed by atoms with E-state index >= 15 is 0 Å². The lowest BCUT2D eigenvalue weighted by Crippen LogP contribution is -2.41. The minimum Gasteiger partial charge on any atom is -0.319 e. The van der Waals surface area contributed by atoms with Gasteiger partial charge in [0.05, 0.1) is 6.54 Å². The number of hydrogen-bond acceptors (Lipinski definition) is 3. The first kappa shape index (κ1) is 18.3. The molecule has 2 aromatic carbocycles. The van der Waals surface area contributed by atoms with Crippen LogP contribution in [0.3, 0.4) is 0 Å². The summed E-state index contributed by atoms with van der Waals surface area (Å²) >= 11 is 3.35. The van der Waals surface area contributed by atoms with E-state index in [2.05, 4.69) is 21.2 Å². The van der Waals surface area contributed by atoms with E-state index in [9.17, 15) is 14.4 Å². The van der Waals surface area contributed by atoms with Crippen molar-refractivity contribution in [2.24, 2.45) is 0 Å². The molecule has 0 aromatic heterocycles. The first-order valence-electron chi connectivity index (χ1n) is 8.23. The van der Waals surface area contributed by atoms with Gasteiger partial charge in [0.25, 0.3) is 5.91 Å². The Balaban J connectivity index is 1.86. The van der Waals surface area contributed by atoms with Gasteiger partial charge < -0.3 is 5.32 Å². The van der Waals surface area contributed by atoms with Crippen molar-refractivity contribution in [1.82, 2.24) is 10.2 Å². The number of rotatable bonds is 4. The Morgan fingerprint density at radius 3 is 2.42 bits per heavy atom. The molecule has 1 aliphatic rings. The van der Waals surface area contributed by atoms with Crippen LogP contribution in [0.25, 0.3) is 0 Å². The molecule has 0 aliphatic carbocycles. The van der Waals surface area contributed by atoms with Crippen molar-refractivity contribution in [3.8, 4) is 0 Å². The normalized spacial score (nSPS) is 19.6. The van der Waals surface area contributed by atoms with E-state index in [1.54, 1.807) is 25.1 Å². The summed E-state index contributed by atoms with van der Waals surface area (Å²) < 4.78 is 0.878. The third-order valence-electron chi connectivity index (χ3n) is 4.69. The highest BCUT2D eigenvalue weighted by atomic mass is 79.9. The van der Waals surface area contributed by atoms with Crippen LogP contribution in [0, 0.1) is 13.8 Å². The summed E-state index contributed by atoms with van der Waals surface area (Å²) in [6.07, 6.45) is 0. The fourth-order valence-corrected chi connectivity index (χ4v) is 3.35. The Hall–Kier alpha value is -2.47. The lowest BCUT2D eigenvalue weighted by molar-refractivity contribution is -0.130. The molecule has 134 valence electrons. The van der Waals surface area contributed by atoms with Gasteiger partial charge in [0.2, 0.25) is 0 Å². The third kappa shape index (κ3) is 3.17. The maximum absolute atomic E-state index is 12.9. The first-order chi connectivity index (χ1) is 12.2. The number of halogens is 1. The van der Waals surface area contributed by atoms with Gasteiger partial charge >= 0.3 is 6.03 Å². The number of carbonyl (C=O) groups excluding carboxylic acids is 3. The number of Topliss-reactive ketones (excluding diaryl/α,β-unsaturated/α-hetero) is 1. The molecule has 26 heavy (non-hydrogen) atoms. The van der Waals surface area contributed by atoms with Gasteiger partial charge in [-0.2, -0.15) is 0 Å². The van der Waals surface area contributed by atoms with Gasteiger partial charge in [-0.3, -0.25) is 14.5 Å². The maximum atomic E-state index is 12.9. The molecule has 3 amide bonds. The standard InChI is InChI=1S/C20H19BrN2O3/c1-12-4-5-13(2)16(10-12)17(24)11-23-18(25)20(3,22-19(23)26)14-6-8-15(21)9-7-14/h4-10H,11H2,1-3H3,(H,22,26)/t20-/m0/s1. The third-order valence-corrected chi connectivity index (χ3v) is 5.22. The second-order valence-corrected chi connectivity index (χ2v) is 7.61. The number of urea groups is 1. The number of nitrogens with one attached hydrogen (secondary N) is 1. The molecular formula is C20H19BrN2O3. The van der Waals surface area contributed by atoms with E-state index in [4.69, 9.17) is 0 Å². The molecule has 1 N–H and O–H groups in total. The SMILES string of the molecule is Cc1ccc(C)c(C(=O)CN2C(=O)N[C@@](C)(c3ccc(Br)cc3)C2=O)c1. The van der Waals surface area contributed by atoms with Crippen molar-refractivity contribution >= 4 is 33.7 Å². The van der Waals surface area contributed by atoms with Crippen molar-refractivity contribution in [2.45, 2.75) is 26.3 Å². The van der Waals surface area contributed by atoms with Gasteiger partial charge in [-0.25, -0.2) is 4.79 Å². The minimum atomic E-state index is -1.18. The van der Waals surface area contributed by atoms with Crippen molar-refractivity contribution in [2.75, 3.05) is 6.54 Å². The second kappa shape index (κ2) is 6.68. The number of benzene rings is 2. The average molecular weight is 415 g/mol. The second-order valence-electron chi connectivity index (χ2n) is 6.69. The topological polar surface area (TPSA) is 66.5 Å². The molecule has 0 radical (unpaired) electrons. The molecule has 1 heterocycles. The van der Waals surface area contributed by atoms with Gasteiger partial charge in [-0.1, -0.05) is 45.8 Å². The molecule has 0 saturated carbocycles. The molecule has 1 saturated heterocycles. The van der Waals surface area contributed by atoms with Gasteiger partial charge in [0, 0.05) is 10.0 Å². The van der Waals surface area contributed by atoms with E-state index in [0.717, 1.165) is 20.5 Å². The maximum Gasteiger partial charge on any atom is 0.325 e. The van der Waals surface area contributed by atoms with E-state index < -0.39 is 17.5 Å². The van der Waals surface area contributed by atoms with Crippen LogP contribution in [-0.2, 0) is 10.3 Å². The van der Waals surface area contributed by atoms with Crippen LogP contribution in [0.5, 0.6) is 0 Å². The van der Waals surface area contributed by atoms with Gasteiger partial charge in [-0.15, -0.1) is 0 Å². The van der Waals surface area contributed by atoms with Crippen LogP contribution < -0.4 is 5.32 Å². The fraction of sp³-hybridized carbons (Fsp3) is 0.250. The zero-order valence-electron chi connectivity index (χ0n) is 14.8. The van der Waals surface area contributed by atoms with E-state index in [0.29, 0.717) is 11.1 Å². The number of carbonyl (C=O) groups is 3. The quantitative estimate of drug-likeness (QED) is 0.612. The molecule has 1 atom stereocenters. The van der Waals surface area contributed by atoms with Crippen LogP contribution in [-0.4, -0.2) is 29.2 Å². The molecule has 5 nitrogen and oxygen atoms in total.